The Kier molecular flexibility index (Phi) is 1.90. The molecular weight excluding hydrogens is 186 g/mol. The molecule has 2 aromatic rings. The molecule has 0 atom stereocenters. The summed E-state index contributed by atoms with van der Waals surface area (Å²) in [5.41, 5.74) is 1.09. The van der Waals surface area contributed by atoms with Gasteiger partial charge in [-0.05, 0) is 6.07 Å². The van der Waals surface area contributed by atoms with Crippen molar-refractivity contribution in [2.45, 2.75) is 6.61 Å². The number of imidazole rings is 1. The van der Waals surface area contributed by atoms with Gasteiger partial charge in [0.1, 0.15) is 5.65 Å². The van der Waals surface area contributed by atoms with Crippen LogP contribution >= 0.6 is 0 Å². The van der Waals surface area contributed by atoms with Crippen molar-refractivity contribution in [3.8, 4) is 0 Å². The third-order valence-corrected chi connectivity index (χ3v) is 1.94. The minimum Gasteiger partial charge on any atom is -0.390 e. The van der Waals surface area contributed by atoms with Crippen LogP contribution < -0.4 is 0 Å². The van der Waals surface area contributed by atoms with Crippen LogP contribution in [0.2, 0.25) is 0 Å². The van der Waals surface area contributed by atoms with Gasteiger partial charge in [0.05, 0.1) is 29.6 Å². The van der Waals surface area contributed by atoms with Gasteiger partial charge in [0, 0.05) is 6.07 Å². The molecule has 0 aliphatic rings. The Morgan fingerprint density at radius 1 is 1.57 bits per heavy atom. The Morgan fingerprint density at radius 3 is 3.00 bits per heavy atom. The number of rotatable bonds is 2. The topological polar surface area (TPSA) is 80.7 Å². The van der Waals surface area contributed by atoms with Crippen molar-refractivity contribution in [2.24, 2.45) is 0 Å². The first-order valence-corrected chi connectivity index (χ1v) is 3.93. The van der Waals surface area contributed by atoms with Crippen LogP contribution in [0.4, 0.5) is 5.69 Å². The number of aromatic nitrogens is 2. The summed E-state index contributed by atoms with van der Waals surface area (Å²) in [6.45, 7) is -0.192. The second kappa shape index (κ2) is 3.08. The molecule has 2 rings (SSSR count). The van der Waals surface area contributed by atoms with Crippen molar-refractivity contribution in [2.75, 3.05) is 0 Å². The predicted octanol–water partition coefficient (Wildman–Crippen LogP) is 0.735. The highest BCUT2D eigenvalue weighted by atomic mass is 16.6. The molecule has 2 aromatic heterocycles. The highest BCUT2D eigenvalue weighted by Gasteiger charge is 2.08. The van der Waals surface area contributed by atoms with Gasteiger partial charge in [-0.15, -0.1) is 0 Å². The zero-order valence-corrected chi connectivity index (χ0v) is 7.12. The number of aliphatic hydroxyl groups is 1. The SMILES string of the molecule is O=[N+]([O-])c1ccc2ncc(CO)n2c1. The fourth-order valence-corrected chi connectivity index (χ4v) is 1.24. The maximum Gasteiger partial charge on any atom is 0.286 e. The molecule has 6 nitrogen and oxygen atoms in total. The average Bonchev–Trinajstić information content (AvgIpc) is 2.59. The van der Waals surface area contributed by atoms with E-state index in [1.54, 1.807) is 0 Å². The van der Waals surface area contributed by atoms with Gasteiger partial charge in [-0.1, -0.05) is 0 Å². The molecule has 0 saturated carbocycles. The number of fused-ring (bicyclic) bond motifs is 1. The zero-order valence-electron chi connectivity index (χ0n) is 7.12. The lowest BCUT2D eigenvalue weighted by Gasteiger charge is -1.97. The van der Waals surface area contributed by atoms with E-state index in [2.05, 4.69) is 4.98 Å². The van der Waals surface area contributed by atoms with E-state index in [0.717, 1.165) is 0 Å². The van der Waals surface area contributed by atoms with Crippen molar-refractivity contribution in [1.29, 1.82) is 0 Å². The van der Waals surface area contributed by atoms with Gasteiger partial charge in [-0.25, -0.2) is 4.98 Å². The van der Waals surface area contributed by atoms with Gasteiger partial charge < -0.3 is 5.11 Å². The standard InChI is InChI=1S/C8H7N3O3/c12-5-7-3-9-8-2-1-6(11(13)14)4-10(7)8/h1-4,12H,5H2. The smallest absolute Gasteiger partial charge is 0.286 e. The lowest BCUT2D eigenvalue weighted by Crippen LogP contribution is -1.95. The van der Waals surface area contributed by atoms with Crippen LogP contribution in [0.25, 0.3) is 5.65 Å². The molecule has 0 fully saturated rings. The molecule has 0 bridgehead atoms. The lowest BCUT2D eigenvalue weighted by molar-refractivity contribution is -0.385. The largest absolute Gasteiger partial charge is 0.390 e. The Labute approximate surface area is 78.6 Å². The van der Waals surface area contributed by atoms with E-state index in [1.807, 2.05) is 0 Å². The Balaban J connectivity index is 2.67. The van der Waals surface area contributed by atoms with Crippen molar-refractivity contribution in [3.63, 3.8) is 0 Å². The van der Waals surface area contributed by atoms with Gasteiger partial charge in [-0.2, -0.15) is 0 Å². The van der Waals surface area contributed by atoms with Gasteiger partial charge in [0.2, 0.25) is 0 Å². The first kappa shape index (κ1) is 8.64. The molecule has 1 N–H and O–H groups in total. The normalized spacial score (nSPS) is 10.6. The van der Waals surface area contributed by atoms with E-state index >= 15 is 0 Å². The minimum atomic E-state index is -0.486. The van der Waals surface area contributed by atoms with E-state index in [1.165, 1.54) is 28.9 Å². The third-order valence-electron chi connectivity index (χ3n) is 1.94. The van der Waals surface area contributed by atoms with Gasteiger partial charge in [0.25, 0.3) is 5.69 Å². The monoisotopic (exact) mass is 193 g/mol. The number of nitro groups is 1. The molecule has 0 saturated heterocycles. The fraction of sp³-hybridized carbons (Fsp3) is 0.125. The van der Waals surface area contributed by atoms with Crippen molar-refractivity contribution >= 4 is 11.3 Å². The molecule has 0 spiro atoms. The predicted molar refractivity (Wildman–Crippen MR) is 47.8 cm³/mol. The fourth-order valence-electron chi connectivity index (χ4n) is 1.24. The highest BCUT2D eigenvalue weighted by molar-refractivity contribution is 5.45. The second-order valence-corrected chi connectivity index (χ2v) is 2.78. The van der Waals surface area contributed by atoms with Gasteiger partial charge in [-0.3, -0.25) is 14.5 Å². The van der Waals surface area contributed by atoms with Crippen molar-refractivity contribution in [1.82, 2.24) is 9.38 Å². The van der Waals surface area contributed by atoms with Crippen LogP contribution in [0.15, 0.2) is 24.5 Å². The number of hydrogen-bond acceptors (Lipinski definition) is 4. The summed E-state index contributed by atoms with van der Waals surface area (Å²) in [6, 6.07) is 2.92. The van der Waals surface area contributed by atoms with Crippen molar-refractivity contribution < 1.29 is 10.0 Å². The molecule has 2 heterocycles. The molecule has 0 unspecified atom stereocenters. The van der Waals surface area contributed by atoms with E-state index in [0.29, 0.717) is 11.3 Å². The van der Waals surface area contributed by atoms with Crippen LogP contribution in [0.3, 0.4) is 0 Å². The first-order chi connectivity index (χ1) is 6.72. The summed E-state index contributed by atoms with van der Waals surface area (Å²) >= 11 is 0. The van der Waals surface area contributed by atoms with Gasteiger partial charge in [0.15, 0.2) is 0 Å². The van der Waals surface area contributed by atoms with Crippen LogP contribution in [-0.2, 0) is 6.61 Å². The summed E-state index contributed by atoms with van der Waals surface area (Å²) in [5.74, 6) is 0. The number of hydrogen-bond donors (Lipinski definition) is 1. The Hall–Kier alpha value is -1.95. The Morgan fingerprint density at radius 2 is 2.36 bits per heavy atom. The molecule has 14 heavy (non-hydrogen) atoms. The van der Waals surface area contributed by atoms with E-state index in [4.69, 9.17) is 5.11 Å². The zero-order chi connectivity index (χ0) is 10.1. The van der Waals surface area contributed by atoms with E-state index in [-0.39, 0.29) is 12.3 Å². The number of aliphatic hydroxyl groups excluding tert-OH is 1. The van der Waals surface area contributed by atoms with Crippen LogP contribution in [-0.4, -0.2) is 19.4 Å². The number of nitrogens with zero attached hydrogens (tertiary/aromatic N) is 3. The van der Waals surface area contributed by atoms with Gasteiger partial charge >= 0.3 is 0 Å². The summed E-state index contributed by atoms with van der Waals surface area (Å²) in [5, 5.41) is 19.4. The summed E-state index contributed by atoms with van der Waals surface area (Å²) in [6.07, 6.45) is 2.83. The van der Waals surface area contributed by atoms with Crippen molar-refractivity contribution in [3.05, 3.63) is 40.3 Å². The molecule has 0 aliphatic carbocycles. The molecule has 0 aliphatic heterocycles. The second-order valence-electron chi connectivity index (χ2n) is 2.78. The highest BCUT2D eigenvalue weighted by Crippen LogP contribution is 2.14. The third kappa shape index (κ3) is 1.21. The average molecular weight is 193 g/mol. The van der Waals surface area contributed by atoms with Crippen LogP contribution in [0.1, 0.15) is 5.69 Å². The summed E-state index contributed by atoms with van der Waals surface area (Å²) in [4.78, 5) is 14.0. The van der Waals surface area contributed by atoms with Crippen LogP contribution in [0, 0.1) is 10.1 Å². The summed E-state index contributed by atoms with van der Waals surface area (Å²) < 4.78 is 1.50. The van der Waals surface area contributed by atoms with E-state index in [9.17, 15) is 10.1 Å². The molecular formula is C8H7N3O3. The Bertz CT molecular complexity index is 492. The quantitative estimate of drug-likeness (QED) is 0.563. The molecule has 0 radical (unpaired) electrons. The summed E-state index contributed by atoms with van der Waals surface area (Å²) in [7, 11) is 0. The molecule has 0 amide bonds. The molecule has 72 valence electrons. The molecule has 6 heteroatoms. The minimum absolute atomic E-state index is 0.0230. The van der Waals surface area contributed by atoms with E-state index < -0.39 is 4.92 Å². The number of pyridine rings is 1. The maximum atomic E-state index is 10.5. The maximum absolute atomic E-state index is 10.5. The first-order valence-electron chi connectivity index (χ1n) is 3.93. The molecule has 0 aromatic carbocycles. The lowest BCUT2D eigenvalue weighted by atomic mass is 10.4. The van der Waals surface area contributed by atoms with Crippen LogP contribution in [0.5, 0.6) is 0 Å².